The minimum Gasteiger partial charge on any atom is -0.481 e. The predicted molar refractivity (Wildman–Crippen MR) is 67.7 cm³/mol. The maximum absolute atomic E-state index is 11.6. The first-order valence-corrected chi connectivity index (χ1v) is 6.13. The maximum Gasteiger partial charge on any atom is 0.303 e. The van der Waals surface area contributed by atoms with E-state index in [0.29, 0.717) is 12.5 Å². The first-order valence-electron chi connectivity index (χ1n) is 6.13. The highest BCUT2D eigenvalue weighted by Gasteiger charge is 2.23. The van der Waals surface area contributed by atoms with Crippen LogP contribution < -0.4 is 5.32 Å². The summed E-state index contributed by atoms with van der Waals surface area (Å²) in [6.07, 6.45) is 0.321. The molecule has 0 radical (unpaired) electrons. The molecule has 2 N–H and O–H groups in total. The second-order valence-corrected chi connectivity index (χ2v) is 5.83. The van der Waals surface area contributed by atoms with Gasteiger partial charge in [-0.05, 0) is 17.3 Å². The van der Waals surface area contributed by atoms with Gasteiger partial charge in [0, 0.05) is 19.4 Å². The molecule has 0 aliphatic rings. The van der Waals surface area contributed by atoms with E-state index in [1.807, 2.05) is 0 Å². The number of rotatable bonds is 7. The van der Waals surface area contributed by atoms with Crippen molar-refractivity contribution < 1.29 is 14.7 Å². The molecule has 1 atom stereocenters. The zero-order chi connectivity index (χ0) is 13.6. The van der Waals surface area contributed by atoms with Gasteiger partial charge in [0.2, 0.25) is 5.91 Å². The molecule has 0 rings (SSSR count). The lowest BCUT2D eigenvalue weighted by Gasteiger charge is -2.29. The zero-order valence-electron chi connectivity index (χ0n) is 11.5. The average Bonchev–Trinajstić information content (AvgIpc) is 2.13. The fourth-order valence-corrected chi connectivity index (χ4v) is 1.29. The fourth-order valence-electron chi connectivity index (χ4n) is 1.29. The molecule has 0 saturated heterocycles. The van der Waals surface area contributed by atoms with E-state index in [1.54, 1.807) is 6.92 Å². The lowest BCUT2D eigenvalue weighted by atomic mass is 9.81. The fraction of sp³-hybridized carbons (Fsp3) is 0.846. The molecule has 0 aromatic heterocycles. The monoisotopic (exact) mass is 243 g/mol. The summed E-state index contributed by atoms with van der Waals surface area (Å²) >= 11 is 0. The summed E-state index contributed by atoms with van der Waals surface area (Å²) < 4.78 is 0. The Morgan fingerprint density at radius 1 is 1.18 bits per heavy atom. The average molecular weight is 243 g/mol. The van der Waals surface area contributed by atoms with Crippen LogP contribution in [0.2, 0.25) is 0 Å². The number of carbonyl (C=O) groups excluding carboxylic acids is 1. The second-order valence-electron chi connectivity index (χ2n) is 5.83. The van der Waals surface area contributed by atoms with Crippen LogP contribution in [-0.2, 0) is 9.59 Å². The first-order chi connectivity index (χ1) is 7.65. The largest absolute Gasteiger partial charge is 0.481 e. The van der Waals surface area contributed by atoms with E-state index >= 15 is 0 Å². The van der Waals surface area contributed by atoms with Gasteiger partial charge in [0.15, 0.2) is 0 Å². The van der Waals surface area contributed by atoms with Gasteiger partial charge in [-0.15, -0.1) is 0 Å². The molecule has 0 aliphatic heterocycles. The van der Waals surface area contributed by atoms with Gasteiger partial charge in [-0.1, -0.05) is 34.6 Å². The summed E-state index contributed by atoms with van der Waals surface area (Å²) in [5, 5.41) is 11.5. The summed E-state index contributed by atoms with van der Waals surface area (Å²) in [6.45, 7) is 10.9. The Kier molecular flexibility index (Phi) is 6.21. The van der Waals surface area contributed by atoms with Crippen LogP contribution in [0, 0.1) is 17.3 Å². The van der Waals surface area contributed by atoms with Crippen molar-refractivity contribution in [3.63, 3.8) is 0 Å². The van der Waals surface area contributed by atoms with Gasteiger partial charge >= 0.3 is 5.97 Å². The molecule has 0 heterocycles. The van der Waals surface area contributed by atoms with Gasteiger partial charge in [0.1, 0.15) is 0 Å². The molecular weight excluding hydrogens is 218 g/mol. The minimum atomic E-state index is -0.854. The third kappa shape index (κ3) is 6.97. The Balaban J connectivity index is 3.99. The molecule has 0 aromatic carbocycles. The van der Waals surface area contributed by atoms with Gasteiger partial charge in [-0.25, -0.2) is 0 Å². The molecule has 17 heavy (non-hydrogen) atoms. The Bertz CT molecular complexity index is 272. The van der Waals surface area contributed by atoms with Crippen molar-refractivity contribution in [3.05, 3.63) is 0 Å². The van der Waals surface area contributed by atoms with Crippen LogP contribution in [0.1, 0.15) is 47.5 Å². The van der Waals surface area contributed by atoms with Gasteiger partial charge in [-0.2, -0.15) is 0 Å². The number of hydrogen-bond acceptors (Lipinski definition) is 2. The third-order valence-electron chi connectivity index (χ3n) is 3.36. The van der Waals surface area contributed by atoms with Crippen LogP contribution in [0.3, 0.4) is 0 Å². The molecule has 0 aromatic rings. The molecule has 0 aliphatic carbocycles. The molecule has 0 saturated carbocycles. The highest BCUT2D eigenvalue weighted by atomic mass is 16.4. The van der Waals surface area contributed by atoms with E-state index in [9.17, 15) is 9.59 Å². The van der Waals surface area contributed by atoms with Crippen molar-refractivity contribution in [3.8, 4) is 0 Å². The molecule has 4 heteroatoms. The summed E-state index contributed by atoms with van der Waals surface area (Å²) in [5.74, 6) is -0.547. The first kappa shape index (κ1) is 15.9. The number of carboxylic acids is 1. The van der Waals surface area contributed by atoms with E-state index in [4.69, 9.17) is 5.11 Å². The zero-order valence-corrected chi connectivity index (χ0v) is 11.5. The SMILES string of the molecule is CC(CC(=O)O)CC(=O)NCC(C)(C)C(C)C. The van der Waals surface area contributed by atoms with Gasteiger partial charge in [0.05, 0.1) is 0 Å². The summed E-state index contributed by atoms with van der Waals surface area (Å²) in [7, 11) is 0. The lowest BCUT2D eigenvalue weighted by Crippen LogP contribution is -2.37. The molecule has 0 fully saturated rings. The summed E-state index contributed by atoms with van der Waals surface area (Å²) in [5.41, 5.74) is 0.0612. The number of hydrogen-bond donors (Lipinski definition) is 2. The van der Waals surface area contributed by atoms with E-state index < -0.39 is 5.97 Å². The topological polar surface area (TPSA) is 66.4 Å². The van der Waals surface area contributed by atoms with Gasteiger partial charge in [0.25, 0.3) is 0 Å². The van der Waals surface area contributed by atoms with Crippen LogP contribution >= 0.6 is 0 Å². The Morgan fingerprint density at radius 3 is 2.12 bits per heavy atom. The molecule has 1 amide bonds. The van der Waals surface area contributed by atoms with Crippen LogP contribution in [0.5, 0.6) is 0 Å². The second kappa shape index (κ2) is 6.62. The van der Waals surface area contributed by atoms with Gasteiger partial charge < -0.3 is 10.4 Å². The highest BCUT2D eigenvalue weighted by Crippen LogP contribution is 2.24. The van der Waals surface area contributed by atoms with Crippen LogP contribution in [-0.4, -0.2) is 23.5 Å². The number of aliphatic carboxylic acids is 1. The minimum absolute atomic E-state index is 0.0427. The van der Waals surface area contributed by atoms with Crippen LogP contribution in [0.4, 0.5) is 0 Å². The van der Waals surface area contributed by atoms with E-state index in [0.717, 1.165) is 0 Å². The van der Waals surface area contributed by atoms with Crippen molar-refractivity contribution in [2.24, 2.45) is 17.3 Å². The number of amides is 1. The summed E-state index contributed by atoms with van der Waals surface area (Å²) in [6, 6.07) is 0. The van der Waals surface area contributed by atoms with Crippen LogP contribution in [0.25, 0.3) is 0 Å². The van der Waals surface area contributed by atoms with E-state index in [-0.39, 0.29) is 30.1 Å². The number of carbonyl (C=O) groups is 2. The smallest absolute Gasteiger partial charge is 0.303 e. The molecular formula is C13H25NO3. The predicted octanol–water partition coefficient (Wildman–Crippen LogP) is 2.29. The molecule has 4 nitrogen and oxygen atoms in total. The van der Waals surface area contributed by atoms with Gasteiger partial charge in [-0.3, -0.25) is 9.59 Å². The molecule has 100 valence electrons. The van der Waals surface area contributed by atoms with Crippen molar-refractivity contribution in [2.45, 2.75) is 47.5 Å². The quantitative estimate of drug-likeness (QED) is 0.721. The van der Waals surface area contributed by atoms with Crippen molar-refractivity contribution in [1.82, 2.24) is 5.32 Å². The summed E-state index contributed by atoms with van der Waals surface area (Å²) in [4.78, 5) is 22.1. The standard InChI is InChI=1S/C13H25NO3/c1-9(2)13(4,5)8-14-11(15)6-10(3)7-12(16)17/h9-10H,6-8H2,1-5H3,(H,14,15)(H,16,17). The maximum atomic E-state index is 11.6. The van der Waals surface area contributed by atoms with Crippen LogP contribution in [0.15, 0.2) is 0 Å². The van der Waals surface area contributed by atoms with E-state index in [1.165, 1.54) is 0 Å². The molecule has 0 spiro atoms. The normalized spacial score (nSPS) is 13.5. The lowest BCUT2D eigenvalue weighted by molar-refractivity contribution is -0.138. The Morgan fingerprint density at radius 2 is 1.71 bits per heavy atom. The van der Waals surface area contributed by atoms with E-state index in [2.05, 4.69) is 33.0 Å². The van der Waals surface area contributed by atoms with Crippen molar-refractivity contribution in [1.29, 1.82) is 0 Å². The molecule has 1 unspecified atom stereocenters. The van der Waals surface area contributed by atoms with Crippen molar-refractivity contribution in [2.75, 3.05) is 6.54 Å². The Hall–Kier alpha value is -1.06. The Labute approximate surface area is 104 Å². The third-order valence-corrected chi connectivity index (χ3v) is 3.36. The van der Waals surface area contributed by atoms with Crippen molar-refractivity contribution >= 4 is 11.9 Å². The molecule has 0 bridgehead atoms. The number of carboxylic acid groups (broad SMARTS) is 1. The highest BCUT2D eigenvalue weighted by molar-refractivity contribution is 5.77. The number of nitrogens with one attached hydrogen (secondary N) is 1.